The summed E-state index contributed by atoms with van der Waals surface area (Å²) >= 11 is 0. The number of likely N-dealkylation sites (tertiary alicyclic amines) is 2. The van der Waals surface area contributed by atoms with Gasteiger partial charge in [0.05, 0.1) is 50.1 Å². The molecular formula is C44H50N8O8. The van der Waals surface area contributed by atoms with Crippen LogP contribution in [0.3, 0.4) is 0 Å². The monoisotopic (exact) mass is 818 g/mol. The number of nitrogens with one attached hydrogen (secondary N) is 4. The van der Waals surface area contributed by atoms with E-state index in [-0.39, 0.29) is 35.7 Å². The minimum atomic E-state index is -0.610. The van der Waals surface area contributed by atoms with E-state index in [1.54, 1.807) is 0 Å². The van der Waals surface area contributed by atoms with Gasteiger partial charge in [-0.15, -0.1) is 0 Å². The first-order valence-corrected chi connectivity index (χ1v) is 21.3. The van der Waals surface area contributed by atoms with Gasteiger partial charge in [0.15, 0.2) is 0 Å². The van der Waals surface area contributed by atoms with Crippen molar-refractivity contribution in [3.05, 3.63) is 59.4 Å². The lowest BCUT2D eigenvalue weighted by molar-refractivity contribution is -0.137. The number of aromatic amines is 2. The molecule has 0 bridgehead atoms. The molecule has 4 aliphatic heterocycles. The van der Waals surface area contributed by atoms with Crippen molar-refractivity contribution in [2.75, 3.05) is 27.3 Å². The fraction of sp³-hybridized carbons (Fsp3) is 0.500. The Hall–Kier alpha value is -6.06. The Morgan fingerprint density at radius 1 is 0.650 bits per heavy atom. The zero-order valence-electron chi connectivity index (χ0n) is 33.9. The highest BCUT2D eigenvalue weighted by Gasteiger charge is 2.43. The van der Waals surface area contributed by atoms with E-state index in [1.165, 1.54) is 14.2 Å². The molecule has 2 aromatic heterocycles. The number of carbonyl (C=O) groups is 4. The highest BCUT2D eigenvalue weighted by molar-refractivity contribution is 5.89. The lowest BCUT2D eigenvalue weighted by atomic mass is 9.79. The van der Waals surface area contributed by atoms with Gasteiger partial charge in [0.1, 0.15) is 48.4 Å². The molecule has 1 unspecified atom stereocenters. The molecule has 2 aromatic carbocycles. The summed E-state index contributed by atoms with van der Waals surface area (Å²) in [6.07, 6.45) is 11.4. The summed E-state index contributed by atoms with van der Waals surface area (Å²) in [5.41, 5.74) is 7.51. The number of alkyl carbamates (subject to hydrolysis) is 2. The number of nitrogens with zero attached hydrogens (tertiary/aromatic N) is 4. The first kappa shape index (κ1) is 38.2. The number of imidazole rings is 2. The molecule has 0 spiro atoms. The average molecular weight is 819 g/mol. The number of benzene rings is 2. The van der Waals surface area contributed by atoms with Crippen molar-refractivity contribution in [1.29, 1.82) is 0 Å². The van der Waals surface area contributed by atoms with Crippen LogP contribution in [0.1, 0.15) is 99.1 Å². The fourth-order valence-electron chi connectivity index (χ4n) is 9.96. The molecule has 16 nitrogen and oxygen atoms in total. The van der Waals surface area contributed by atoms with Crippen LogP contribution >= 0.6 is 0 Å². The van der Waals surface area contributed by atoms with Crippen molar-refractivity contribution in [1.82, 2.24) is 40.4 Å². The molecule has 2 aliphatic carbocycles. The van der Waals surface area contributed by atoms with E-state index in [2.05, 4.69) is 32.7 Å². The normalized spacial score (nSPS) is 21.4. The van der Waals surface area contributed by atoms with Crippen LogP contribution in [0.25, 0.3) is 33.6 Å². The van der Waals surface area contributed by atoms with E-state index in [9.17, 15) is 19.2 Å². The van der Waals surface area contributed by atoms with E-state index in [0.29, 0.717) is 38.0 Å². The number of ether oxygens (including phenoxy) is 4. The van der Waals surface area contributed by atoms with Gasteiger partial charge in [-0.05, 0) is 87.5 Å². The highest BCUT2D eigenvalue weighted by Crippen LogP contribution is 2.51. The fourth-order valence-corrected chi connectivity index (χ4v) is 9.96. The second kappa shape index (κ2) is 15.5. The van der Waals surface area contributed by atoms with Gasteiger partial charge in [-0.3, -0.25) is 9.59 Å². The predicted molar refractivity (Wildman–Crippen MR) is 216 cm³/mol. The lowest BCUT2D eigenvalue weighted by Crippen LogP contribution is -2.53. The Labute approximate surface area is 347 Å². The van der Waals surface area contributed by atoms with Crippen molar-refractivity contribution in [2.45, 2.75) is 102 Å². The molecule has 4 amide bonds. The number of hydrogen-bond donors (Lipinski definition) is 4. The Morgan fingerprint density at radius 3 is 1.47 bits per heavy atom. The molecule has 6 aliphatic rings. The minimum absolute atomic E-state index is 0.0872. The minimum Gasteiger partial charge on any atom is -0.488 e. The quantitative estimate of drug-likeness (QED) is 0.141. The topological polar surface area (TPSA) is 193 Å². The van der Waals surface area contributed by atoms with Gasteiger partial charge in [0.2, 0.25) is 11.8 Å². The number of H-pyrrole nitrogens is 2. The van der Waals surface area contributed by atoms with Gasteiger partial charge in [-0.1, -0.05) is 12.8 Å². The largest absolute Gasteiger partial charge is 0.488 e. The summed E-state index contributed by atoms with van der Waals surface area (Å²) in [4.78, 5) is 72.3. The third-order valence-electron chi connectivity index (χ3n) is 13.6. The molecule has 4 N–H and O–H groups in total. The molecule has 6 heterocycles. The van der Waals surface area contributed by atoms with Crippen LogP contribution in [-0.4, -0.2) is 93.1 Å². The zero-order chi connectivity index (χ0) is 41.1. The summed E-state index contributed by atoms with van der Waals surface area (Å²) in [6.45, 7) is 1.91. The predicted octanol–water partition coefficient (Wildman–Crippen LogP) is 6.30. The summed E-state index contributed by atoms with van der Waals surface area (Å²) in [6, 6.07) is 6.64. The zero-order valence-corrected chi connectivity index (χ0v) is 33.9. The number of methoxy groups -OCH3 is 2. The van der Waals surface area contributed by atoms with Gasteiger partial charge >= 0.3 is 12.2 Å². The molecule has 60 heavy (non-hydrogen) atoms. The number of aromatic nitrogens is 4. The van der Waals surface area contributed by atoms with Crippen molar-refractivity contribution < 1.29 is 38.1 Å². The molecule has 4 atom stereocenters. The van der Waals surface area contributed by atoms with Gasteiger partial charge in [-0.2, -0.15) is 0 Å². The van der Waals surface area contributed by atoms with Gasteiger partial charge in [0.25, 0.3) is 0 Å². The Morgan fingerprint density at radius 2 is 1.08 bits per heavy atom. The van der Waals surface area contributed by atoms with Crippen LogP contribution in [-0.2, 0) is 32.3 Å². The molecule has 2 saturated carbocycles. The van der Waals surface area contributed by atoms with Gasteiger partial charge in [0, 0.05) is 46.5 Å². The van der Waals surface area contributed by atoms with Crippen molar-refractivity contribution in [3.8, 4) is 45.1 Å². The smallest absolute Gasteiger partial charge is 0.407 e. The van der Waals surface area contributed by atoms with E-state index in [1.807, 2.05) is 34.3 Å². The molecule has 10 rings (SSSR count). The van der Waals surface area contributed by atoms with Gasteiger partial charge < -0.3 is 49.3 Å². The molecule has 2 saturated heterocycles. The average Bonchev–Trinajstić information content (AvgIpc) is 4.07. The number of rotatable bonds is 10. The third kappa shape index (κ3) is 6.69. The SMILES string of the molecule is COC(=O)NC(C(=O)N1CCC[C@H]1c1ncc(-c2cc3c4c(c2)OCc2cc(-c5cnc([C@@H]6CCCN6C(=O)[C@@H](NC(=O)OC)C6CCC6)[nH]5)cc(c2-4)OC3)[nH]1)C1CCC1. The summed E-state index contributed by atoms with van der Waals surface area (Å²) < 4.78 is 22.6. The van der Waals surface area contributed by atoms with Crippen LogP contribution in [0.5, 0.6) is 11.5 Å². The van der Waals surface area contributed by atoms with E-state index in [0.717, 1.165) is 120 Å². The van der Waals surface area contributed by atoms with Crippen LogP contribution in [0.4, 0.5) is 9.59 Å². The molecule has 314 valence electrons. The van der Waals surface area contributed by atoms with Crippen LogP contribution in [0, 0.1) is 11.8 Å². The Balaban J connectivity index is 0.871. The van der Waals surface area contributed by atoms with Crippen LogP contribution in [0.2, 0.25) is 0 Å². The summed E-state index contributed by atoms with van der Waals surface area (Å²) in [5.74, 6) is 3.02. The second-order valence-electron chi connectivity index (χ2n) is 16.9. The lowest BCUT2D eigenvalue weighted by Gasteiger charge is -2.36. The Bertz CT molecular complexity index is 2140. The van der Waals surface area contributed by atoms with Crippen LogP contribution in [0.15, 0.2) is 36.7 Å². The standard InChI is InChI=1S/C44H50N8O8/c1-57-43(55)49-37(23-7-3-8-23)41(53)51-13-5-11-31(51)39-45-19-29(47-39)25-15-27-21-60-34-18-26(16-28-22-59-33(17-25)35(27)36(28)34)30-20-46-40(48-30)32-12-6-14-52(32)42(54)38(24-9-4-10-24)50-44(56)58-2/h15-20,23-24,31-32,37-38H,3-14,21-22H2,1-2H3,(H,45,47)(H,46,48)(H,49,55)(H,50,56)/t31-,32-,37-,38?/m0/s1. The van der Waals surface area contributed by atoms with Crippen LogP contribution < -0.4 is 20.1 Å². The first-order chi connectivity index (χ1) is 29.3. The molecule has 4 aromatic rings. The first-order valence-electron chi connectivity index (χ1n) is 21.3. The molecule has 16 heteroatoms. The number of carbonyl (C=O) groups excluding carboxylic acids is 4. The second-order valence-corrected chi connectivity index (χ2v) is 16.9. The molecule has 0 radical (unpaired) electrons. The van der Waals surface area contributed by atoms with Gasteiger partial charge in [-0.25, -0.2) is 19.6 Å². The summed E-state index contributed by atoms with van der Waals surface area (Å²) in [7, 11) is 2.63. The maximum absolute atomic E-state index is 13.9. The third-order valence-corrected chi connectivity index (χ3v) is 13.6. The van der Waals surface area contributed by atoms with Crippen molar-refractivity contribution >= 4 is 24.0 Å². The van der Waals surface area contributed by atoms with E-state index < -0.39 is 24.3 Å². The maximum Gasteiger partial charge on any atom is 0.407 e. The van der Waals surface area contributed by atoms with Crippen molar-refractivity contribution in [3.63, 3.8) is 0 Å². The molecular weight excluding hydrogens is 769 g/mol. The number of hydrogen-bond acceptors (Lipinski definition) is 10. The number of amides is 4. The van der Waals surface area contributed by atoms with Crippen molar-refractivity contribution in [2.24, 2.45) is 11.8 Å². The Kier molecular flexibility index (Phi) is 9.87. The summed E-state index contributed by atoms with van der Waals surface area (Å²) in [5, 5.41) is 5.61. The highest BCUT2D eigenvalue weighted by atomic mass is 16.5. The maximum atomic E-state index is 13.9. The van der Waals surface area contributed by atoms with E-state index in [4.69, 9.17) is 28.9 Å². The molecule has 4 fully saturated rings. The van der Waals surface area contributed by atoms with E-state index >= 15 is 0 Å².